The van der Waals surface area contributed by atoms with Crippen LogP contribution in [0, 0.1) is 12.3 Å². The molecule has 12 heavy (non-hydrogen) atoms. The van der Waals surface area contributed by atoms with E-state index in [1.165, 1.54) is 0 Å². The van der Waals surface area contributed by atoms with E-state index in [1.54, 1.807) is 0 Å². The molecular weight excluding hydrogens is 156 g/mol. The third-order valence-electron chi connectivity index (χ3n) is 1.37. The number of rotatable bonds is 5. The van der Waals surface area contributed by atoms with Crippen molar-refractivity contribution in [2.45, 2.75) is 6.42 Å². The molecular formula is C8H15N2O2+. The van der Waals surface area contributed by atoms with E-state index < -0.39 is 5.97 Å². The molecule has 4 heteroatoms. The van der Waals surface area contributed by atoms with Gasteiger partial charge in [-0.1, -0.05) is 0 Å². The maximum atomic E-state index is 10.2. The quantitative estimate of drug-likeness (QED) is 0.338. The molecule has 0 radical (unpaired) electrons. The second kappa shape index (κ2) is 4.75. The molecule has 0 atom stereocenters. The van der Waals surface area contributed by atoms with Crippen molar-refractivity contribution in [3.05, 3.63) is 0 Å². The van der Waals surface area contributed by atoms with E-state index in [1.807, 2.05) is 14.1 Å². The molecule has 2 N–H and O–H groups in total. The number of aliphatic carboxylic acids is 1. The lowest BCUT2D eigenvalue weighted by atomic mass is 10.4. The molecule has 4 nitrogen and oxygen atoms in total. The minimum absolute atomic E-state index is 0.117. The number of quaternary nitrogens is 1. The van der Waals surface area contributed by atoms with Gasteiger partial charge in [0.05, 0.1) is 27.1 Å². The Hall–Kier alpha value is -1.05. The largest absolute Gasteiger partial charge is 0.481 e. The Morgan fingerprint density at radius 3 is 2.67 bits per heavy atom. The molecule has 0 aliphatic rings. The van der Waals surface area contributed by atoms with Gasteiger partial charge in [-0.05, 0) is 5.92 Å². The van der Waals surface area contributed by atoms with Crippen molar-refractivity contribution in [1.82, 2.24) is 5.43 Å². The Labute approximate surface area is 72.7 Å². The fraction of sp³-hybridized carbons (Fsp3) is 0.625. The van der Waals surface area contributed by atoms with Crippen LogP contribution < -0.4 is 5.43 Å². The highest BCUT2D eigenvalue weighted by atomic mass is 16.4. The van der Waals surface area contributed by atoms with Gasteiger partial charge in [0.2, 0.25) is 0 Å². The smallest absolute Gasteiger partial charge is 0.304 e. The topological polar surface area (TPSA) is 49.3 Å². The summed E-state index contributed by atoms with van der Waals surface area (Å²) in [4.78, 5) is 10.2. The van der Waals surface area contributed by atoms with E-state index in [9.17, 15) is 4.79 Å². The van der Waals surface area contributed by atoms with Crippen molar-refractivity contribution in [2.75, 3.05) is 27.2 Å². The summed E-state index contributed by atoms with van der Waals surface area (Å²) in [7, 11) is 3.78. The van der Waals surface area contributed by atoms with Crippen molar-refractivity contribution in [3.63, 3.8) is 0 Å². The highest BCUT2D eigenvalue weighted by Crippen LogP contribution is 1.88. The predicted molar refractivity (Wildman–Crippen MR) is 46.1 cm³/mol. The third kappa shape index (κ3) is 5.71. The number of carboxylic acids is 1. The highest BCUT2D eigenvalue weighted by Gasteiger charge is 2.12. The molecule has 68 valence electrons. The van der Waals surface area contributed by atoms with E-state index >= 15 is 0 Å². The van der Waals surface area contributed by atoms with Gasteiger partial charge in [0.25, 0.3) is 0 Å². The summed E-state index contributed by atoms with van der Waals surface area (Å²) in [5, 5.41) is 8.35. The Bertz CT molecular complexity index is 194. The minimum Gasteiger partial charge on any atom is -0.481 e. The van der Waals surface area contributed by atoms with Crippen molar-refractivity contribution < 1.29 is 14.5 Å². The number of nitrogens with one attached hydrogen (secondary N) is 1. The molecule has 0 aliphatic carbocycles. The SMILES string of the molecule is C#CC[N+](C)(C)NCCC(=O)O. The van der Waals surface area contributed by atoms with E-state index in [4.69, 9.17) is 11.5 Å². The van der Waals surface area contributed by atoms with Crippen molar-refractivity contribution in [2.24, 2.45) is 0 Å². The first-order chi connectivity index (χ1) is 5.48. The number of terminal acetylenes is 1. The summed E-state index contributed by atoms with van der Waals surface area (Å²) < 4.78 is 0.448. The van der Waals surface area contributed by atoms with E-state index in [-0.39, 0.29) is 6.42 Å². The van der Waals surface area contributed by atoms with E-state index in [0.717, 1.165) is 0 Å². The zero-order valence-electron chi connectivity index (χ0n) is 7.50. The van der Waals surface area contributed by atoms with Crippen molar-refractivity contribution in [3.8, 4) is 12.3 Å². The predicted octanol–water partition coefficient (Wildman–Crippen LogP) is -0.325. The van der Waals surface area contributed by atoms with Crippen LogP contribution in [0.25, 0.3) is 0 Å². The van der Waals surface area contributed by atoms with Gasteiger partial charge in [-0.3, -0.25) is 4.79 Å². The molecule has 0 aliphatic heterocycles. The van der Waals surface area contributed by atoms with Gasteiger partial charge in [-0.25, -0.2) is 4.59 Å². The summed E-state index contributed by atoms with van der Waals surface area (Å²) in [5.41, 5.74) is 3.01. The van der Waals surface area contributed by atoms with Gasteiger partial charge in [-0.2, -0.15) is 5.43 Å². The van der Waals surface area contributed by atoms with E-state index in [0.29, 0.717) is 17.7 Å². The first-order valence-electron chi connectivity index (χ1n) is 3.71. The zero-order chi connectivity index (χ0) is 9.61. The molecule has 0 fully saturated rings. The number of carbonyl (C=O) groups is 1. The van der Waals surface area contributed by atoms with Crippen LogP contribution >= 0.6 is 0 Å². The van der Waals surface area contributed by atoms with Gasteiger partial charge in [0.1, 0.15) is 0 Å². The van der Waals surface area contributed by atoms with Gasteiger partial charge >= 0.3 is 5.97 Å². The monoisotopic (exact) mass is 171 g/mol. The maximum absolute atomic E-state index is 10.2. The number of hydrogen-bond acceptors (Lipinski definition) is 2. The molecule has 0 aromatic heterocycles. The molecule has 0 amide bonds. The molecule has 0 spiro atoms. The standard InChI is InChI=1S/C8H14N2O2/c1-4-7-10(2,3)9-6-5-8(11)12/h1,9H,5-7H2,2-3H3/p+1. The van der Waals surface area contributed by atoms with Crippen LogP contribution in [0.2, 0.25) is 0 Å². The lowest BCUT2D eigenvalue weighted by molar-refractivity contribution is -0.927. The Morgan fingerprint density at radius 2 is 2.25 bits per heavy atom. The zero-order valence-corrected chi connectivity index (χ0v) is 7.50. The van der Waals surface area contributed by atoms with Crippen LogP contribution in [0.4, 0.5) is 0 Å². The number of nitrogens with zero attached hydrogens (tertiary/aromatic N) is 1. The fourth-order valence-corrected chi connectivity index (χ4v) is 0.750. The Kier molecular flexibility index (Phi) is 4.34. The molecule has 0 saturated heterocycles. The molecule has 0 unspecified atom stereocenters. The van der Waals surface area contributed by atoms with Gasteiger partial charge in [-0.15, -0.1) is 6.42 Å². The summed E-state index contributed by atoms with van der Waals surface area (Å²) >= 11 is 0. The van der Waals surface area contributed by atoms with Gasteiger partial charge in [0.15, 0.2) is 6.54 Å². The summed E-state index contributed by atoms with van der Waals surface area (Å²) in [6, 6.07) is 0. The van der Waals surface area contributed by atoms with Gasteiger partial charge in [0, 0.05) is 0 Å². The van der Waals surface area contributed by atoms with Crippen LogP contribution in [0.1, 0.15) is 6.42 Å². The van der Waals surface area contributed by atoms with Crippen molar-refractivity contribution >= 4 is 5.97 Å². The summed E-state index contributed by atoms with van der Waals surface area (Å²) in [5.74, 6) is 1.71. The van der Waals surface area contributed by atoms with Crippen molar-refractivity contribution in [1.29, 1.82) is 0 Å². The molecule has 0 rings (SSSR count). The van der Waals surface area contributed by atoms with E-state index in [2.05, 4.69) is 11.3 Å². The Balaban J connectivity index is 3.62. The van der Waals surface area contributed by atoms with Gasteiger partial charge < -0.3 is 5.11 Å². The summed E-state index contributed by atoms with van der Waals surface area (Å²) in [6.07, 6.45) is 5.24. The highest BCUT2D eigenvalue weighted by molar-refractivity contribution is 5.66. The second-order valence-corrected chi connectivity index (χ2v) is 3.10. The van der Waals surface area contributed by atoms with Crippen LogP contribution in [0.3, 0.4) is 0 Å². The summed E-state index contributed by atoms with van der Waals surface area (Å²) in [6.45, 7) is 0.976. The molecule has 0 heterocycles. The van der Waals surface area contributed by atoms with Crippen LogP contribution in [0.5, 0.6) is 0 Å². The first-order valence-corrected chi connectivity index (χ1v) is 3.71. The molecule has 0 aromatic rings. The lowest BCUT2D eigenvalue weighted by Crippen LogP contribution is -2.52. The lowest BCUT2D eigenvalue weighted by Gasteiger charge is -2.26. The van der Waals surface area contributed by atoms with Crippen LogP contribution in [-0.2, 0) is 4.79 Å². The molecule has 0 bridgehead atoms. The average molecular weight is 171 g/mol. The number of carboxylic acid groups (broad SMARTS) is 1. The maximum Gasteiger partial charge on any atom is 0.304 e. The average Bonchev–Trinajstić information content (AvgIpc) is 1.85. The normalized spacial score (nSPS) is 10.8. The minimum atomic E-state index is -0.803. The number of hydrogen-bond donors (Lipinski definition) is 2. The third-order valence-corrected chi connectivity index (χ3v) is 1.37. The molecule has 0 saturated carbocycles. The fourth-order valence-electron chi connectivity index (χ4n) is 0.750. The first kappa shape index (κ1) is 11.0. The molecule has 0 aromatic carbocycles. The van der Waals surface area contributed by atoms with Crippen LogP contribution in [-0.4, -0.2) is 42.9 Å². The van der Waals surface area contributed by atoms with Crippen LogP contribution in [0.15, 0.2) is 0 Å². The Morgan fingerprint density at radius 1 is 1.67 bits per heavy atom. The second-order valence-electron chi connectivity index (χ2n) is 3.10.